The van der Waals surface area contributed by atoms with Gasteiger partial charge >= 0.3 is 6.03 Å². The van der Waals surface area contributed by atoms with Crippen molar-refractivity contribution in [1.82, 2.24) is 15.5 Å². The molecule has 0 spiro atoms. The van der Waals surface area contributed by atoms with E-state index in [1.807, 2.05) is 13.8 Å². The molecule has 0 radical (unpaired) electrons. The third-order valence-electron chi connectivity index (χ3n) is 4.07. The molecule has 0 unspecified atom stereocenters. The Morgan fingerprint density at radius 1 is 1.13 bits per heavy atom. The van der Waals surface area contributed by atoms with Crippen molar-refractivity contribution in [2.45, 2.75) is 53.0 Å². The first-order chi connectivity index (χ1) is 10.9. The number of aliphatic imine (C=N–C) groups is 1. The Balaban J connectivity index is 2.65. The molecule has 0 aromatic rings. The van der Waals surface area contributed by atoms with Gasteiger partial charge in [-0.3, -0.25) is 25.2 Å². The van der Waals surface area contributed by atoms with Crippen LogP contribution in [0.15, 0.2) is 4.99 Å². The standard InChI is InChI=1S/C16H28N4O3/c1-5-12(13-14(21)18-16(23)19-15(13)22)17-11(4)9-8-10-20(6-2)7-3/h11,13H,5-10H2,1-4H3,(H2,18,19,21,22,23)/t11-/m1/s1. The number of hydrogen-bond acceptors (Lipinski definition) is 5. The van der Waals surface area contributed by atoms with Gasteiger partial charge in [-0.05, 0) is 45.8 Å². The second-order valence-corrected chi connectivity index (χ2v) is 5.73. The molecule has 1 heterocycles. The lowest BCUT2D eigenvalue weighted by atomic mass is 9.97. The molecule has 7 heteroatoms. The third-order valence-corrected chi connectivity index (χ3v) is 4.07. The van der Waals surface area contributed by atoms with E-state index in [4.69, 9.17) is 0 Å². The van der Waals surface area contributed by atoms with E-state index in [0.29, 0.717) is 12.1 Å². The van der Waals surface area contributed by atoms with Crippen molar-refractivity contribution in [3.8, 4) is 0 Å². The van der Waals surface area contributed by atoms with Gasteiger partial charge < -0.3 is 4.90 Å². The molecule has 1 rings (SSSR count). The summed E-state index contributed by atoms with van der Waals surface area (Å²) in [5.74, 6) is -2.17. The second-order valence-electron chi connectivity index (χ2n) is 5.73. The molecule has 1 saturated heterocycles. The summed E-state index contributed by atoms with van der Waals surface area (Å²) < 4.78 is 0. The SMILES string of the molecule is CCC(=N[C@H](C)CCCN(CC)CC)C1C(=O)NC(=O)NC1=O. The van der Waals surface area contributed by atoms with E-state index in [9.17, 15) is 14.4 Å². The van der Waals surface area contributed by atoms with Gasteiger partial charge in [-0.25, -0.2) is 4.79 Å². The van der Waals surface area contributed by atoms with Gasteiger partial charge in [0.2, 0.25) is 11.8 Å². The summed E-state index contributed by atoms with van der Waals surface area (Å²) in [4.78, 5) is 41.8. The van der Waals surface area contributed by atoms with E-state index in [1.165, 1.54) is 0 Å². The number of amides is 4. The number of nitrogens with zero attached hydrogens (tertiary/aromatic N) is 2. The van der Waals surface area contributed by atoms with Crippen LogP contribution in [0.3, 0.4) is 0 Å². The van der Waals surface area contributed by atoms with Crippen molar-refractivity contribution < 1.29 is 14.4 Å². The van der Waals surface area contributed by atoms with Crippen molar-refractivity contribution in [1.29, 1.82) is 0 Å². The molecule has 2 N–H and O–H groups in total. The van der Waals surface area contributed by atoms with Gasteiger partial charge in [0.05, 0.1) is 0 Å². The molecule has 0 saturated carbocycles. The van der Waals surface area contributed by atoms with Crippen LogP contribution in [-0.4, -0.2) is 54.1 Å². The quantitative estimate of drug-likeness (QED) is 0.494. The Bertz CT molecular complexity index is 452. The zero-order chi connectivity index (χ0) is 17.4. The molecule has 4 amide bonds. The first-order valence-electron chi connectivity index (χ1n) is 8.37. The summed E-state index contributed by atoms with van der Waals surface area (Å²) in [6.45, 7) is 11.2. The maximum Gasteiger partial charge on any atom is 0.328 e. The van der Waals surface area contributed by atoms with Crippen molar-refractivity contribution in [2.75, 3.05) is 19.6 Å². The lowest BCUT2D eigenvalue weighted by Crippen LogP contribution is -2.58. The molecular formula is C16H28N4O3. The lowest BCUT2D eigenvalue weighted by Gasteiger charge is -2.23. The van der Waals surface area contributed by atoms with Gasteiger partial charge in [0, 0.05) is 11.8 Å². The topological polar surface area (TPSA) is 90.9 Å². The summed E-state index contributed by atoms with van der Waals surface area (Å²) in [5, 5.41) is 4.25. The van der Waals surface area contributed by atoms with E-state index in [1.54, 1.807) is 0 Å². The highest BCUT2D eigenvalue weighted by Gasteiger charge is 2.37. The minimum atomic E-state index is -0.997. The summed E-state index contributed by atoms with van der Waals surface area (Å²) >= 11 is 0. The predicted molar refractivity (Wildman–Crippen MR) is 89.4 cm³/mol. The molecular weight excluding hydrogens is 296 g/mol. The number of urea groups is 1. The second kappa shape index (κ2) is 9.39. The lowest BCUT2D eigenvalue weighted by molar-refractivity contribution is -0.132. The van der Waals surface area contributed by atoms with E-state index >= 15 is 0 Å². The number of hydrogen-bond donors (Lipinski definition) is 2. The fourth-order valence-corrected chi connectivity index (χ4v) is 2.69. The molecule has 23 heavy (non-hydrogen) atoms. The van der Waals surface area contributed by atoms with Crippen LogP contribution in [0.1, 0.15) is 47.0 Å². The van der Waals surface area contributed by atoms with Crippen LogP contribution in [0, 0.1) is 5.92 Å². The van der Waals surface area contributed by atoms with Gasteiger partial charge in [-0.1, -0.05) is 20.8 Å². The molecule has 1 aliphatic rings. The van der Waals surface area contributed by atoms with Crippen molar-refractivity contribution in [3.63, 3.8) is 0 Å². The van der Waals surface area contributed by atoms with Crippen LogP contribution in [0.4, 0.5) is 4.79 Å². The Hall–Kier alpha value is -1.76. The van der Waals surface area contributed by atoms with Crippen molar-refractivity contribution >= 4 is 23.6 Å². The number of rotatable bonds is 9. The predicted octanol–water partition coefficient (Wildman–Crippen LogP) is 1.33. The van der Waals surface area contributed by atoms with E-state index in [0.717, 1.165) is 32.5 Å². The minimum Gasteiger partial charge on any atom is -0.304 e. The van der Waals surface area contributed by atoms with Crippen LogP contribution in [0.2, 0.25) is 0 Å². The van der Waals surface area contributed by atoms with E-state index in [2.05, 4.69) is 34.4 Å². The Morgan fingerprint density at radius 2 is 1.70 bits per heavy atom. The molecule has 1 aliphatic heterocycles. The number of carbonyl (C=O) groups is 3. The highest BCUT2D eigenvalue weighted by Crippen LogP contribution is 2.12. The van der Waals surface area contributed by atoms with Crippen molar-refractivity contribution in [3.05, 3.63) is 0 Å². The van der Waals surface area contributed by atoms with Crippen LogP contribution in [-0.2, 0) is 9.59 Å². The first-order valence-corrected chi connectivity index (χ1v) is 8.37. The Kier molecular flexibility index (Phi) is 7.88. The Morgan fingerprint density at radius 3 is 2.17 bits per heavy atom. The molecule has 0 bridgehead atoms. The van der Waals surface area contributed by atoms with Gasteiger partial charge in [0.25, 0.3) is 0 Å². The molecule has 0 aromatic carbocycles. The maximum atomic E-state index is 11.9. The number of imide groups is 2. The first kappa shape index (κ1) is 19.3. The van der Waals surface area contributed by atoms with Crippen LogP contribution in [0.25, 0.3) is 0 Å². The fraction of sp³-hybridized carbons (Fsp3) is 0.750. The Labute approximate surface area is 137 Å². The summed E-state index contributed by atoms with van der Waals surface area (Å²) in [6.07, 6.45) is 2.42. The molecule has 130 valence electrons. The average Bonchev–Trinajstić information content (AvgIpc) is 2.49. The van der Waals surface area contributed by atoms with Crippen LogP contribution < -0.4 is 10.6 Å². The number of barbiturate groups is 1. The average molecular weight is 324 g/mol. The van der Waals surface area contributed by atoms with E-state index in [-0.39, 0.29) is 6.04 Å². The molecule has 0 aromatic heterocycles. The van der Waals surface area contributed by atoms with Crippen molar-refractivity contribution in [2.24, 2.45) is 10.9 Å². The smallest absolute Gasteiger partial charge is 0.304 e. The van der Waals surface area contributed by atoms with Crippen LogP contribution >= 0.6 is 0 Å². The van der Waals surface area contributed by atoms with Crippen LogP contribution in [0.5, 0.6) is 0 Å². The molecule has 1 fully saturated rings. The zero-order valence-corrected chi connectivity index (χ0v) is 14.5. The number of nitrogens with one attached hydrogen (secondary N) is 2. The highest BCUT2D eigenvalue weighted by atomic mass is 16.2. The molecule has 0 aliphatic carbocycles. The maximum absolute atomic E-state index is 11.9. The normalized spacial score (nSPS) is 18.1. The monoisotopic (exact) mass is 324 g/mol. The van der Waals surface area contributed by atoms with Gasteiger partial charge in [0.15, 0.2) is 5.92 Å². The minimum absolute atomic E-state index is 0.0405. The zero-order valence-electron chi connectivity index (χ0n) is 14.5. The highest BCUT2D eigenvalue weighted by molar-refractivity contribution is 6.27. The summed E-state index contributed by atoms with van der Waals surface area (Å²) in [5.41, 5.74) is 0.530. The van der Waals surface area contributed by atoms with Gasteiger partial charge in [0.1, 0.15) is 0 Å². The van der Waals surface area contributed by atoms with E-state index < -0.39 is 23.8 Å². The molecule has 1 atom stereocenters. The summed E-state index contributed by atoms with van der Waals surface area (Å²) in [7, 11) is 0. The third kappa shape index (κ3) is 5.74. The van der Waals surface area contributed by atoms with Gasteiger partial charge in [-0.15, -0.1) is 0 Å². The van der Waals surface area contributed by atoms with Gasteiger partial charge in [-0.2, -0.15) is 0 Å². The largest absolute Gasteiger partial charge is 0.328 e. The summed E-state index contributed by atoms with van der Waals surface area (Å²) in [6, 6.07) is -0.724. The fourth-order valence-electron chi connectivity index (χ4n) is 2.69. The molecule has 7 nitrogen and oxygen atoms in total. The number of carbonyl (C=O) groups excluding carboxylic acids is 3.